The minimum absolute atomic E-state index is 0.0598. The fourth-order valence-corrected chi connectivity index (χ4v) is 2.08. The third kappa shape index (κ3) is 4.17. The lowest BCUT2D eigenvalue weighted by molar-refractivity contribution is -0.125. The third-order valence-corrected chi connectivity index (χ3v) is 3.15. The summed E-state index contributed by atoms with van der Waals surface area (Å²) in [6, 6.07) is 10.1. The van der Waals surface area contributed by atoms with Crippen LogP contribution in [0.2, 0.25) is 0 Å². The molecule has 2 unspecified atom stereocenters. The van der Waals surface area contributed by atoms with E-state index in [0.29, 0.717) is 5.92 Å². The van der Waals surface area contributed by atoms with Crippen molar-refractivity contribution in [3.8, 4) is 0 Å². The van der Waals surface area contributed by atoms with Crippen LogP contribution < -0.4 is 5.32 Å². The number of hydrogen-bond acceptors (Lipinski definition) is 1. The molecule has 0 radical (unpaired) electrons. The van der Waals surface area contributed by atoms with Crippen LogP contribution in [0.15, 0.2) is 30.3 Å². The van der Waals surface area contributed by atoms with Crippen molar-refractivity contribution < 1.29 is 4.79 Å². The summed E-state index contributed by atoms with van der Waals surface area (Å²) < 4.78 is 0. The highest BCUT2D eigenvalue weighted by Gasteiger charge is 2.28. The van der Waals surface area contributed by atoms with Crippen molar-refractivity contribution >= 4 is 5.91 Å². The lowest BCUT2D eigenvalue weighted by Crippen LogP contribution is -2.44. The third-order valence-electron chi connectivity index (χ3n) is 3.15. The Morgan fingerprint density at radius 3 is 2.22 bits per heavy atom. The molecule has 0 saturated heterocycles. The number of benzene rings is 1. The highest BCUT2D eigenvalue weighted by atomic mass is 16.2. The van der Waals surface area contributed by atoms with Crippen LogP contribution >= 0.6 is 0 Å². The summed E-state index contributed by atoms with van der Waals surface area (Å²) in [5, 5.41) is 3.09. The van der Waals surface area contributed by atoms with Crippen LogP contribution in [0, 0.1) is 5.92 Å². The largest absolute Gasteiger partial charge is 0.351 e. The van der Waals surface area contributed by atoms with Crippen molar-refractivity contribution in [1.29, 1.82) is 0 Å². The zero-order valence-electron chi connectivity index (χ0n) is 12.2. The molecule has 2 atom stereocenters. The molecule has 2 heteroatoms. The molecule has 1 aromatic carbocycles. The fourth-order valence-electron chi connectivity index (χ4n) is 2.08. The number of amides is 1. The molecule has 2 nitrogen and oxygen atoms in total. The number of carbonyl (C=O) groups is 1. The highest BCUT2D eigenvalue weighted by Crippen LogP contribution is 2.27. The zero-order chi connectivity index (χ0) is 13.8. The van der Waals surface area contributed by atoms with Gasteiger partial charge < -0.3 is 5.32 Å². The molecule has 0 spiro atoms. The first-order valence-corrected chi connectivity index (χ1v) is 6.72. The van der Waals surface area contributed by atoms with Gasteiger partial charge in [-0.25, -0.2) is 0 Å². The van der Waals surface area contributed by atoms with Gasteiger partial charge in [-0.3, -0.25) is 4.79 Å². The van der Waals surface area contributed by atoms with E-state index in [2.05, 4.69) is 19.2 Å². The van der Waals surface area contributed by atoms with Crippen molar-refractivity contribution in [2.75, 3.05) is 0 Å². The van der Waals surface area contributed by atoms with E-state index in [9.17, 15) is 4.79 Å². The van der Waals surface area contributed by atoms with Gasteiger partial charge in [0, 0.05) is 5.54 Å². The minimum atomic E-state index is -0.183. The summed E-state index contributed by atoms with van der Waals surface area (Å²) in [6.07, 6.45) is 0.997. The molecule has 0 heterocycles. The first-order valence-electron chi connectivity index (χ1n) is 6.72. The lowest BCUT2D eigenvalue weighted by Gasteiger charge is -2.28. The SMILES string of the molecule is CCC(C)C(C(=O)NC(C)(C)C)c1ccccc1. The van der Waals surface area contributed by atoms with Crippen LogP contribution in [0.5, 0.6) is 0 Å². The molecule has 1 N–H and O–H groups in total. The van der Waals surface area contributed by atoms with Crippen LogP contribution in [0.4, 0.5) is 0 Å². The van der Waals surface area contributed by atoms with Gasteiger partial charge in [0.2, 0.25) is 5.91 Å². The summed E-state index contributed by atoms with van der Waals surface area (Å²) in [6.45, 7) is 10.3. The van der Waals surface area contributed by atoms with E-state index < -0.39 is 0 Å². The number of hydrogen-bond donors (Lipinski definition) is 1. The van der Waals surface area contributed by atoms with Gasteiger partial charge in [-0.15, -0.1) is 0 Å². The van der Waals surface area contributed by atoms with Gasteiger partial charge in [-0.05, 0) is 32.3 Å². The maximum absolute atomic E-state index is 12.4. The molecule has 0 aliphatic heterocycles. The Labute approximate surface area is 111 Å². The quantitative estimate of drug-likeness (QED) is 0.863. The van der Waals surface area contributed by atoms with Crippen molar-refractivity contribution in [3.05, 3.63) is 35.9 Å². The first-order chi connectivity index (χ1) is 8.35. The van der Waals surface area contributed by atoms with Crippen LogP contribution in [0.3, 0.4) is 0 Å². The van der Waals surface area contributed by atoms with Crippen LogP contribution in [0.1, 0.15) is 52.5 Å². The Bertz CT molecular complexity index is 378. The molecule has 0 saturated carbocycles. The van der Waals surface area contributed by atoms with Crippen molar-refractivity contribution in [1.82, 2.24) is 5.32 Å². The monoisotopic (exact) mass is 247 g/mol. The van der Waals surface area contributed by atoms with Gasteiger partial charge in [0.15, 0.2) is 0 Å². The van der Waals surface area contributed by atoms with E-state index in [-0.39, 0.29) is 17.4 Å². The molecule has 18 heavy (non-hydrogen) atoms. The van der Waals surface area contributed by atoms with E-state index in [1.54, 1.807) is 0 Å². The topological polar surface area (TPSA) is 29.1 Å². The van der Waals surface area contributed by atoms with Gasteiger partial charge in [0.1, 0.15) is 0 Å². The first kappa shape index (κ1) is 14.7. The fraction of sp³-hybridized carbons (Fsp3) is 0.562. The van der Waals surface area contributed by atoms with Crippen LogP contribution in [0.25, 0.3) is 0 Å². The predicted molar refractivity (Wildman–Crippen MR) is 76.5 cm³/mol. The Morgan fingerprint density at radius 1 is 1.22 bits per heavy atom. The molecule has 100 valence electrons. The normalized spacial score (nSPS) is 14.9. The molecule has 0 bridgehead atoms. The highest BCUT2D eigenvalue weighted by molar-refractivity contribution is 5.84. The molecule has 0 fully saturated rings. The van der Waals surface area contributed by atoms with Gasteiger partial charge in [0.05, 0.1) is 5.92 Å². The number of rotatable bonds is 4. The molecule has 1 aromatic rings. The zero-order valence-corrected chi connectivity index (χ0v) is 12.2. The van der Waals surface area contributed by atoms with E-state index >= 15 is 0 Å². The van der Waals surface area contributed by atoms with Gasteiger partial charge >= 0.3 is 0 Å². The summed E-state index contributed by atoms with van der Waals surface area (Å²) in [4.78, 5) is 12.4. The molecule has 0 aromatic heterocycles. The Kier molecular flexibility index (Phi) is 4.94. The predicted octanol–water partition coefficient (Wildman–Crippen LogP) is 3.73. The molecule has 0 aliphatic rings. The summed E-state index contributed by atoms with van der Waals surface area (Å²) in [7, 11) is 0. The van der Waals surface area contributed by atoms with E-state index in [1.165, 1.54) is 0 Å². The lowest BCUT2D eigenvalue weighted by atomic mass is 9.84. The minimum Gasteiger partial charge on any atom is -0.351 e. The maximum Gasteiger partial charge on any atom is 0.228 e. The molecular weight excluding hydrogens is 222 g/mol. The standard InChI is InChI=1S/C16H25NO/c1-6-12(2)14(13-10-8-7-9-11-13)15(18)17-16(3,4)5/h7-12,14H,6H2,1-5H3,(H,17,18). The second-order valence-corrected chi connectivity index (χ2v) is 6.01. The van der Waals surface area contributed by atoms with Gasteiger partial charge in [-0.1, -0.05) is 50.6 Å². The van der Waals surface area contributed by atoms with E-state index in [0.717, 1.165) is 12.0 Å². The van der Waals surface area contributed by atoms with E-state index in [1.807, 2.05) is 51.1 Å². The average Bonchev–Trinajstić information content (AvgIpc) is 2.28. The Hall–Kier alpha value is -1.31. The number of carbonyl (C=O) groups excluding carboxylic acids is 1. The molecular formula is C16H25NO. The van der Waals surface area contributed by atoms with Crippen LogP contribution in [-0.2, 0) is 4.79 Å². The number of nitrogens with one attached hydrogen (secondary N) is 1. The second kappa shape index (κ2) is 6.03. The average molecular weight is 247 g/mol. The second-order valence-electron chi connectivity index (χ2n) is 6.01. The Balaban J connectivity index is 2.96. The molecule has 1 amide bonds. The maximum atomic E-state index is 12.4. The van der Waals surface area contributed by atoms with Crippen molar-refractivity contribution in [2.24, 2.45) is 5.92 Å². The van der Waals surface area contributed by atoms with E-state index in [4.69, 9.17) is 0 Å². The summed E-state index contributed by atoms with van der Waals surface area (Å²) in [5.74, 6) is 0.410. The van der Waals surface area contributed by atoms with Crippen molar-refractivity contribution in [3.63, 3.8) is 0 Å². The molecule has 0 aliphatic carbocycles. The smallest absolute Gasteiger partial charge is 0.228 e. The van der Waals surface area contributed by atoms with Gasteiger partial charge in [0.25, 0.3) is 0 Å². The van der Waals surface area contributed by atoms with Crippen LogP contribution in [-0.4, -0.2) is 11.4 Å². The summed E-state index contributed by atoms with van der Waals surface area (Å²) in [5.41, 5.74) is 0.922. The molecule has 1 rings (SSSR count). The van der Waals surface area contributed by atoms with Crippen molar-refractivity contribution in [2.45, 2.75) is 52.5 Å². The van der Waals surface area contributed by atoms with Gasteiger partial charge in [-0.2, -0.15) is 0 Å². The Morgan fingerprint density at radius 2 is 1.78 bits per heavy atom. The summed E-state index contributed by atoms with van der Waals surface area (Å²) >= 11 is 0.